The molecule has 0 aromatic rings. The fourth-order valence-electron chi connectivity index (χ4n) is 0.203. The summed E-state index contributed by atoms with van der Waals surface area (Å²) >= 11 is 0. The molecule has 1 radical (unpaired) electrons. The summed E-state index contributed by atoms with van der Waals surface area (Å²) in [6.45, 7) is 1.20. The molecule has 0 spiro atoms. The monoisotopic (exact) mass is 151 g/mol. The molecule has 0 aliphatic rings. The Morgan fingerprint density at radius 3 is 2.11 bits per heavy atom. The third-order valence-corrected chi connectivity index (χ3v) is 2.26. The minimum Gasteiger partial charge on any atom is -0.289 e. The highest BCUT2D eigenvalue weighted by molar-refractivity contribution is 7.88. The predicted octanol–water partition coefficient (Wildman–Crippen LogP) is -0.539. The van der Waals surface area contributed by atoms with Crippen molar-refractivity contribution in [1.82, 2.24) is 0 Å². The highest BCUT2D eigenvalue weighted by atomic mass is 32.2. The van der Waals surface area contributed by atoms with Gasteiger partial charge in [-0.1, -0.05) is 0 Å². The van der Waals surface area contributed by atoms with Crippen LogP contribution in [0, 0.1) is 0 Å². The average molecular weight is 151 g/mol. The van der Waals surface area contributed by atoms with E-state index in [-0.39, 0.29) is 0 Å². The lowest BCUT2D eigenvalue weighted by atomic mass is 10.6. The van der Waals surface area contributed by atoms with Crippen molar-refractivity contribution >= 4 is 16.4 Å². The molecule has 9 heavy (non-hydrogen) atoms. The molecule has 0 N–H and O–H groups in total. The van der Waals surface area contributed by atoms with E-state index in [9.17, 15) is 13.2 Å². The minimum absolute atomic E-state index is 1.00. The van der Waals surface area contributed by atoms with E-state index in [1.807, 2.05) is 0 Å². The Balaban J connectivity index is 4.34. The first kappa shape index (κ1) is 8.58. The lowest BCUT2D eigenvalue weighted by Crippen LogP contribution is -2.19. The minimum atomic E-state index is -3.67. The fraction of sp³-hybridized carbons (Fsp3) is 0.750. The summed E-state index contributed by atoms with van der Waals surface area (Å²) in [4.78, 5) is 9.73. The summed E-state index contributed by atoms with van der Waals surface area (Å²) in [5.41, 5.74) is 0. The number of hydrogen-bond acceptors (Lipinski definition) is 4. The van der Waals surface area contributed by atoms with Gasteiger partial charge in [0.05, 0.1) is 7.11 Å². The van der Waals surface area contributed by atoms with Crippen molar-refractivity contribution in [1.29, 1.82) is 0 Å². The van der Waals surface area contributed by atoms with Crippen LogP contribution in [0.5, 0.6) is 0 Å². The highest BCUT2D eigenvalue weighted by Gasteiger charge is 2.19. The maximum atomic E-state index is 10.4. The first-order chi connectivity index (χ1) is 4.04. The van der Waals surface area contributed by atoms with E-state index < -0.39 is 15.4 Å². The summed E-state index contributed by atoms with van der Waals surface area (Å²) in [6, 6.07) is 0. The number of carbonyl (C=O) groups excluding carboxylic acids is 1. The molecule has 1 unspecified atom stereocenters. The van der Waals surface area contributed by atoms with Crippen LogP contribution in [0.15, 0.2) is 0 Å². The molecule has 0 aliphatic carbocycles. The Labute approximate surface area is 53.9 Å². The van der Waals surface area contributed by atoms with Gasteiger partial charge in [-0.05, 0) is 6.92 Å². The van der Waals surface area contributed by atoms with Crippen LogP contribution in [0.2, 0.25) is 0 Å². The molecule has 0 aromatic carbocycles. The number of hydrogen-bond donors (Lipinski definition) is 0. The molecular weight excluding hydrogens is 144 g/mol. The van der Waals surface area contributed by atoms with Gasteiger partial charge in [-0.3, -0.25) is 8.98 Å². The second-order valence-corrected chi connectivity index (χ2v) is 3.45. The molecule has 0 amide bonds. The lowest BCUT2D eigenvalue weighted by Gasteiger charge is -1.99. The maximum absolute atomic E-state index is 10.4. The van der Waals surface area contributed by atoms with E-state index in [0.717, 1.165) is 7.11 Å². The van der Waals surface area contributed by atoms with E-state index in [1.54, 1.807) is 0 Å². The van der Waals surface area contributed by atoms with Gasteiger partial charge >= 0.3 is 0 Å². The van der Waals surface area contributed by atoms with Gasteiger partial charge in [-0.25, -0.2) is 0 Å². The first-order valence-electron chi connectivity index (χ1n) is 2.21. The predicted molar refractivity (Wildman–Crippen MR) is 31.1 cm³/mol. The van der Waals surface area contributed by atoms with Gasteiger partial charge in [-0.2, -0.15) is 8.42 Å². The zero-order valence-electron chi connectivity index (χ0n) is 5.12. The molecular formula is C4H7O4S. The van der Waals surface area contributed by atoms with E-state index in [4.69, 9.17) is 0 Å². The zero-order chi connectivity index (χ0) is 7.49. The van der Waals surface area contributed by atoms with Gasteiger partial charge in [0.15, 0.2) is 0 Å². The molecule has 0 saturated heterocycles. The Morgan fingerprint density at radius 1 is 1.56 bits per heavy atom. The van der Waals surface area contributed by atoms with Gasteiger partial charge < -0.3 is 0 Å². The smallest absolute Gasteiger partial charge is 0.277 e. The van der Waals surface area contributed by atoms with E-state index in [0.29, 0.717) is 0 Å². The first-order valence-corrected chi connectivity index (χ1v) is 3.69. The standard InChI is InChI=1S/C4H7O4S/c1-4(3-5)9(6,7)8-2/h4H,1-2H3. The van der Waals surface area contributed by atoms with Gasteiger partial charge in [0.2, 0.25) is 6.29 Å². The molecule has 0 aromatic heterocycles. The maximum Gasteiger partial charge on any atom is 0.277 e. The van der Waals surface area contributed by atoms with Crippen LogP contribution in [0.25, 0.3) is 0 Å². The van der Waals surface area contributed by atoms with Crippen LogP contribution in [-0.2, 0) is 19.1 Å². The van der Waals surface area contributed by atoms with Gasteiger partial charge in [-0.15, -0.1) is 0 Å². The SMILES string of the molecule is COS(=O)(=O)C(C)[C]=O. The van der Waals surface area contributed by atoms with Crippen LogP contribution >= 0.6 is 0 Å². The topological polar surface area (TPSA) is 60.4 Å². The summed E-state index contributed by atoms with van der Waals surface area (Å²) in [6.07, 6.45) is 1.29. The van der Waals surface area contributed by atoms with E-state index in [2.05, 4.69) is 4.18 Å². The molecule has 0 rings (SSSR count). The van der Waals surface area contributed by atoms with Crippen molar-refractivity contribution in [3.63, 3.8) is 0 Å². The normalized spacial score (nSPS) is 14.9. The third kappa shape index (κ3) is 2.11. The van der Waals surface area contributed by atoms with Crippen molar-refractivity contribution in [3.05, 3.63) is 0 Å². The molecule has 0 bridgehead atoms. The summed E-state index contributed by atoms with van der Waals surface area (Å²) in [7, 11) is -2.67. The third-order valence-electron chi connectivity index (χ3n) is 0.831. The second kappa shape index (κ2) is 2.93. The van der Waals surface area contributed by atoms with Crippen molar-refractivity contribution in [2.45, 2.75) is 12.2 Å². The molecule has 4 nitrogen and oxygen atoms in total. The summed E-state index contributed by atoms with van der Waals surface area (Å²) in [5.74, 6) is 0. The van der Waals surface area contributed by atoms with Crippen LogP contribution in [0.1, 0.15) is 6.92 Å². The van der Waals surface area contributed by atoms with E-state index in [1.165, 1.54) is 13.2 Å². The van der Waals surface area contributed by atoms with Crippen LogP contribution in [-0.4, -0.2) is 27.1 Å². The molecule has 5 heteroatoms. The van der Waals surface area contributed by atoms with Crippen molar-refractivity contribution < 1.29 is 17.4 Å². The summed E-state index contributed by atoms with van der Waals surface area (Å²) in [5, 5.41) is -1.19. The molecule has 0 saturated carbocycles. The van der Waals surface area contributed by atoms with Gasteiger partial charge in [0.25, 0.3) is 10.1 Å². The molecule has 0 heterocycles. The second-order valence-electron chi connectivity index (χ2n) is 1.42. The van der Waals surface area contributed by atoms with Crippen molar-refractivity contribution in [2.75, 3.05) is 7.11 Å². The number of rotatable bonds is 3. The van der Waals surface area contributed by atoms with Crippen LogP contribution in [0.3, 0.4) is 0 Å². The largest absolute Gasteiger partial charge is 0.289 e. The highest BCUT2D eigenvalue weighted by Crippen LogP contribution is 1.97. The van der Waals surface area contributed by atoms with E-state index >= 15 is 0 Å². The Morgan fingerprint density at radius 2 is 2.00 bits per heavy atom. The van der Waals surface area contributed by atoms with Crippen molar-refractivity contribution in [3.8, 4) is 0 Å². The Kier molecular flexibility index (Phi) is 2.80. The molecule has 0 fully saturated rings. The average Bonchev–Trinajstić information content (AvgIpc) is 1.86. The molecule has 53 valence electrons. The van der Waals surface area contributed by atoms with Crippen molar-refractivity contribution in [2.24, 2.45) is 0 Å². The fourth-order valence-corrected chi connectivity index (χ4v) is 0.610. The zero-order valence-corrected chi connectivity index (χ0v) is 5.94. The van der Waals surface area contributed by atoms with Gasteiger partial charge in [0.1, 0.15) is 5.25 Å². The van der Waals surface area contributed by atoms with Gasteiger partial charge in [0, 0.05) is 0 Å². The molecule has 1 atom stereocenters. The Bertz CT molecular complexity index is 181. The summed E-state index contributed by atoms with van der Waals surface area (Å²) < 4.78 is 24.9. The quantitative estimate of drug-likeness (QED) is 0.508. The van der Waals surface area contributed by atoms with Crippen LogP contribution < -0.4 is 0 Å². The lowest BCUT2D eigenvalue weighted by molar-refractivity contribution is 0.394. The van der Waals surface area contributed by atoms with Crippen LogP contribution in [0.4, 0.5) is 0 Å². The molecule has 0 aliphatic heterocycles. The Hall–Kier alpha value is -0.420.